The molecule has 0 radical (unpaired) electrons. The normalized spacial score (nSPS) is 24.5. The van der Waals surface area contributed by atoms with Gasteiger partial charge in [-0.1, -0.05) is 6.07 Å². The van der Waals surface area contributed by atoms with E-state index < -0.39 is 35.6 Å². The SMILES string of the molecule is O=C1[C@@H]2C[C@H](O)CCN2C(=O)CN1Cc1ccc(C(F)(F)F)cc1F. The second-order valence-electron chi connectivity index (χ2n) is 6.28. The topological polar surface area (TPSA) is 60.9 Å². The van der Waals surface area contributed by atoms with Crippen LogP contribution in [0.4, 0.5) is 17.6 Å². The van der Waals surface area contributed by atoms with E-state index in [1.54, 1.807) is 0 Å². The van der Waals surface area contributed by atoms with Gasteiger partial charge in [-0.3, -0.25) is 9.59 Å². The Labute approximate surface area is 140 Å². The minimum absolute atomic E-state index is 0.0982. The van der Waals surface area contributed by atoms with Crippen LogP contribution in [0.25, 0.3) is 0 Å². The van der Waals surface area contributed by atoms with Crippen LogP contribution in [0.15, 0.2) is 18.2 Å². The van der Waals surface area contributed by atoms with E-state index in [2.05, 4.69) is 0 Å². The minimum Gasteiger partial charge on any atom is -0.393 e. The molecule has 0 unspecified atom stereocenters. The maximum Gasteiger partial charge on any atom is 0.416 e. The van der Waals surface area contributed by atoms with Crippen LogP contribution in [0.5, 0.6) is 0 Å². The highest BCUT2D eigenvalue weighted by Crippen LogP contribution is 2.31. The molecule has 2 fully saturated rings. The number of benzene rings is 1. The van der Waals surface area contributed by atoms with Crippen LogP contribution in [0.3, 0.4) is 0 Å². The Bertz CT molecular complexity index is 707. The van der Waals surface area contributed by atoms with Crippen molar-refractivity contribution in [1.29, 1.82) is 0 Å². The molecule has 2 atom stereocenters. The second-order valence-corrected chi connectivity index (χ2v) is 6.28. The van der Waals surface area contributed by atoms with Gasteiger partial charge in [0.15, 0.2) is 0 Å². The van der Waals surface area contributed by atoms with Crippen LogP contribution in [-0.4, -0.2) is 52.0 Å². The molecule has 2 aliphatic rings. The molecule has 0 aromatic heterocycles. The summed E-state index contributed by atoms with van der Waals surface area (Å²) < 4.78 is 51.7. The van der Waals surface area contributed by atoms with E-state index in [4.69, 9.17) is 0 Å². The monoisotopic (exact) mass is 360 g/mol. The van der Waals surface area contributed by atoms with Gasteiger partial charge in [-0.15, -0.1) is 0 Å². The number of alkyl halides is 3. The summed E-state index contributed by atoms with van der Waals surface area (Å²) in [6.45, 7) is -0.278. The van der Waals surface area contributed by atoms with Crippen molar-refractivity contribution in [3.05, 3.63) is 35.1 Å². The van der Waals surface area contributed by atoms with Crippen molar-refractivity contribution in [3.63, 3.8) is 0 Å². The third-order valence-electron chi connectivity index (χ3n) is 4.56. The van der Waals surface area contributed by atoms with Gasteiger partial charge in [-0.2, -0.15) is 13.2 Å². The Kier molecular flexibility index (Phi) is 4.44. The fourth-order valence-electron chi connectivity index (χ4n) is 3.21. The molecule has 0 spiro atoms. The highest BCUT2D eigenvalue weighted by atomic mass is 19.4. The quantitative estimate of drug-likeness (QED) is 0.814. The molecule has 0 aliphatic carbocycles. The first-order valence-electron chi connectivity index (χ1n) is 7.79. The number of piperazine rings is 1. The fraction of sp³-hybridized carbons (Fsp3) is 0.500. The lowest BCUT2D eigenvalue weighted by Gasteiger charge is -2.44. The average molecular weight is 360 g/mol. The summed E-state index contributed by atoms with van der Waals surface area (Å²) in [5.74, 6) is -1.83. The zero-order valence-electron chi connectivity index (χ0n) is 13.1. The van der Waals surface area contributed by atoms with Gasteiger partial charge < -0.3 is 14.9 Å². The van der Waals surface area contributed by atoms with Gasteiger partial charge in [0.1, 0.15) is 18.4 Å². The number of piperidine rings is 1. The number of halogens is 4. The molecule has 1 N–H and O–H groups in total. The Balaban J connectivity index is 1.79. The smallest absolute Gasteiger partial charge is 0.393 e. The number of aliphatic hydroxyl groups excluding tert-OH is 1. The van der Waals surface area contributed by atoms with Gasteiger partial charge in [0.05, 0.1) is 11.7 Å². The Morgan fingerprint density at radius 2 is 1.96 bits per heavy atom. The Hall–Kier alpha value is -2.16. The molecule has 5 nitrogen and oxygen atoms in total. The highest BCUT2D eigenvalue weighted by Gasteiger charge is 2.42. The largest absolute Gasteiger partial charge is 0.416 e. The summed E-state index contributed by atoms with van der Waals surface area (Å²) in [5.41, 5.74) is -1.21. The van der Waals surface area contributed by atoms with E-state index in [-0.39, 0.29) is 37.5 Å². The first-order valence-corrected chi connectivity index (χ1v) is 7.79. The van der Waals surface area contributed by atoms with Gasteiger partial charge >= 0.3 is 6.18 Å². The van der Waals surface area contributed by atoms with E-state index >= 15 is 0 Å². The van der Waals surface area contributed by atoms with Crippen molar-refractivity contribution in [2.75, 3.05) is 13.1 Å². The molecule has 2 saturated heterocycles. The molecule has 3 rings (SSSR count). The summed E-state index contributed by atoms with van der Waals surface area (Å²) in [6.07, 6.45) is -4.85. The summed E-state index contributed by atoms with van der Waals surface area (Å²) in [5, 5.41) is 9.70. The molecular weight excluding hydrogens is 344 g/mol. The molecule has 2 amide bonds. The Morgan fingerprint density at radius 1 is 1.24 bits per heavy atom. The van der Waals surface area contributed by atoms with E-state index in [0.717, 1.165) is 17.0 Å². The number of hydrogen-bond donors (Lipinski definition) is 1. The number of rotatable bonds is 2. The molecule has 1 aromatic rings. The minimum atomic E-state index is -4.66. The Morgan fingerprint density at radius 3 is 2.60 bits per heavy atom. The number of nitrogens with zero attached hydrogens (tertiary/aromatic N) is 2. The fourth-order valence-corrected chi connectivity index (χ4v) is 3.21. The summed E-state index contributed by atoms with van der Waals surface area (Å²) in [4.78, 5) is 27.2. The second kappa shape index (κ2) is 6.29. The standard InChI is InChI=1S/C16H16F4N2O3/c17-12-5-10(16(18,19)20)2-1-9(12)7-21-8-14(24)22-4-3-11(23)6-13(22)15(21)25/h1-2,5,11,13,23H,3-4,6-8H2/t11-,13+/m1/s1. The summed E-state index contributed by atoms with van der Waals surface area (Å²) in [6, 6.07) is 1.29. The highest BCUT2D eigenvalue weighted by molar-refractivity contribution is 5.95. The lowest BCUT2D eigenvalue weighted by Crippen LogP contribution is -2.62. The number of fused-ring (bicyclic) bond motifs is 1. The van der Waals surface area contributed by atoms with Gasteiger partial charge in [0.2, 0.25) is 11.8 Å². The molecule has 1 aromatic carbocycles. The predicted molar refractivity (Wildman–Crippen MR) is 77.6 cm³/mol. The molecular formula is C16H16F4N2O3. The molecule has 9 heteroatoms. The van der Waals surface area contributed by atoms with Crippen molar-refractivity contribution in [3.8, 4) is 0 Å². The van der Waals surface area contributed by atoms with Crippen molar-refractivity contribution in [2.45, 2.75) is 37.7 Å². The van der Waals surface area contributed by atoms with Crippen LogP contribution >= 0.6 is 0 Å². The number of hydrogen-bond acceptors (Lipinski definition) is 3. The van der Waals surface area contributed by atoms with Crippen LogP contribution in [0.2, 0.25) is 0 Å². The van der Waals surface area contributed by atoms with E-state index in [1.165, 1.54) is 4.90 Å². The number of aliphatic hydroxyl groups is 1. The predicted octanol–water partition coefficient (Wildman–Crippen LogP) is 1.54. The van der Waals surface area contributed by atoms with Crippen LogP contribution in [0, 0.1) is 5.82 Å². The van der Waals surface area contributed by atoms with Crippen LogP contribution < -0.4 is 0 Å². The first-order chi connectivity index (χ1) is 11.7. The zero-order valence-corrected chi connectivity index (χ0v) is 13.1. The van der Waals surface area contributed by atoms with Crippen molar-refractivity contribution in [2.24, 2.45) is 0 Å². The summed E-state index contributed by atoms with van der Waals surface area (Å²) in [7, 11) is 0. The first kappa shape index (κ1) is 17.7. The van der Waals surface area contributed by atoms with E-state index in [9.17, 15) is 32.3 Å². The van der Waals surface area contributed by atoms with Crippen LogP contribution in [-0.2, 0) is 22.3 Å². The van der Waals surface area contributed by atoms with Crippen molar-refractivity contribution in [1.82, 2.24) is 9.80 Å². The zero-order chi connectivity index (χ0) is 18.4. The number of carbonyl (C=O) groups excluding carboxylic acids is 2. The van der Waals surface area contributed by atoms with E-state index in [1.807, 2.05) is 0 Å². The third kappa shape index (κ3) is 3.46. The molecule has 136 valence electrons. The molecule has 2 heterocycles. The van der Waals surface area contributed by atoms with Gasteiger partial charge in [0.25, 0.3) is 0 Å². The lowest BCUT2D eigenvalue weighted by atomic mass is 9.95. The lowest BCUT2D eigenvalue weighted by molar-refractivity contribution is -0.160. The maximum atomic E-state index is 14.0. The molecule has 25 heavy (non-hydrogen) atoms. The molecule has 0 bridgehead atoms. The number of carbonyl (C=O) groups is 2. The maximum absolute atomic E-state index is 14.0. The van der Waals surface area contributed by atoms with Gasteiger partial charge in [-0.05, 0) is 18.6 Å². The van der Waals surface area contributed by atoms with Crippen molar-refractivity contribution < 1.29 is 32.3 Å². The average Bonchev–Trinajstić information content (AvgIpc) is 2.53. The van der Waals surface area contributed by atoms with Crippen LogP contribution in [0.1, 0.15) is 24.0 Å². The van der Waals surface area contributed by atoms with Gasteiger partial charge in [0, 0.05) is 25.1 Å². The third-order valence-corrected chi connectivity index (χ3v) is 4.56. The molecule has 2 aliphatic heterocycles. The molecule has 0 saturated carbocycles. The summed E-state index contributed by atoms with van der Waals surface area (Å²) >= 11 is 0. The van der Waals surface area contributed by atoms with E-state index in [0.29, 0.717) is 12.5 Å². The van der Waals surface area contributed by atoms with Crippen molar-refractivity contribution >= 4 is 11.8 Å². The van der Waals surface area contributed by atoms with Gasteiger partial charge in [-0.25, -0.2) is 4.39 Å². The number of amides is 2.